The van der Waals surface area contributed by atoms with E-state index < -0.39 is 0 Å². The van der Waals surface area contributed by atoms with E-state index in [0.29, 0.717) is 10.8 Å². The van der Waals surface area contributed by atoms with Gasteiger partial charge in [0.15, 0.2) is 0 Å². The molecule has 0 aromatic heterocycles. The Labute approximate surface area is 207 Å². The molecule has 5 heteroatoms. The van der Waals surface area contributed by atoms with Crippen LogP contribution in [0.15, 0.2) is 11.6 Å². The van der Waals surface area contributed by atoms with Gasteiger partial charge in [0.25, 0.3) is 0 Å². The zero-order chi connectivity index (χ0) is 25.5. The van der Waals surface area contributed by atoms with Gasteiger partial charge >= 0.3 is 0 Å². The predicted molar refractivity (Wildman–Crippen MR) is 136 cm³/mol. The van der Waals surface area contributed by atoms with Gasteiger partial charge in [0.05, 0.1) is 6.10 Å². The number of allylic oxidation sites excluding steroid dienone is 1. The van der Waals surface area contributed by atoms with Gasteiger partial charge < -0.3 is 5.11 Å². The molecule has 3 saturated carbocycles. The second-order valence-electron chi connectivity index (χ2n) is 12.4. The highest BCUT2D eigenvalue weighted by molar-refractivity contribution is 5.26. The van der Waals surface area contributed by atoms with E-state index in [1.165, 1.54) is 57.8 Å². The molecule has 3 N–H and O–H groups in total. The van der Waals surface area contributed by atoms with Crippen molar-refractivity contribution in [2.45, 2.75) is 111 Å². The van der Waals surface area contributed by atoms with Gasteiger partial charge in [-0.25, -0.2) is 20.4 Å². The van der Waals surface area contributed by atoms with Crippen LogP contribution in [-0.4, -0.2) is 23.4 Å². The fourth-order valence-electron chi connectivity index (χ4n) is 8.67. The highest BCUT2D eigenvalue weighted by Gasteiger charge is 2.59. The van der Waals surface area contributed by atoms with Crippen LogP contribution in [0.5, 0.6) is 0 Å². The summed E-state index contributed by atoms with van der Waals surface area (Å²) in [6.07, 6.45) is 18.7. The van der Waals surface area contributed by atoms with Crippen molar-refractivity contribution >= 4 is 12.2 Å². The van der Waals surface area contributed by atoms with Crippen molar-refractivity contribution in [1.82, 2.24) is 0 Å². The lowest BCUT2D eigenvalue weighted by Gasteiger charge is -2.58. The standard InChI is InChI=1S/C27H46O.2CHNO/c1-18(2)7-6-8-19(3)23-11-12-24-22-10-9-20-17-21(28)13-15-26(20,4)25(22)14-16-27(23,24)5;2*2-1-3/h9,18-19,21-25,28H,6-8,10-17H2,1-5H3;2*2H/t19?,21-,22-,23+,24-,25-,26-,27+;;/m0../s1. The molecule has 192 valence electrons. The molecule has 8 atom stereocenters. The van der Waals surface area contributed by atoms with Gasteiger partial charge in [-0.2, -0.15) is 0 Å². The Kier molecular flexibility index (Phi) is 10.5. The van der Waals surface area contributed by atoms with E-state index in [0.717, 1.165) is 60.5 Å². The van der Waals surface area contributed by atoms with Gasteiger partial charge in [0, 0.05) is 0 Å². The molecule has 3 fully saturated rings. The highest BCUT2D eigenvalue weighted by Crippen LogP contribution is 2.67. The van der Waals surface area contributed by atoms with Crippen LogP contribution in [0.4, 0.5) is 0 Å². The van der Waals surface area contributed by atoms with E-state index in [2.05, 4.69) is 40.7 Å². The number of hydrogen-bond donors (Lipinski definition) is 3. The molecule has 4 aliphatic rings. The van der Waals surface area contributed by atoms with Crippen LogP contribution < -0.4 is 0 Å². The van der Waals surface area contributed by atoms with Gasteiger partial charge in [0.2, 0.25) is 12.2 Å². The van der Waals surface area contributed by atoms with Gasteiger partial charge in [-0.1, -0.05) is 65.5 Å². The molecule has 0 spiro atoms. The second-order valence-corrected chi connectivity index (χ2v) is 12.4. The van der Waals surface area contributed by atoms with E-state index in [4.69, 9.17) is 20.4 Å². The number of aliphatic hydroxyl groups excluding tert-OH is 1. The van der Waals surface area contributed by atoms with E-state index in [1.54, 1.807) is 5.57 Å². The number of carbonyl (C=O) groups excluding carboxylic acids is 2. The summed E-state index contributed by atoms with van der Waals surface area (Å²) in [5.41, 5.74) is 2.60. The van der Waals surface area contributed by atoms with Crippen LogP contribution in [-0.2, 0) is 9.59 Å². The Bertz CT molecular complexity index is 753. The van der Waals surface area contributed by atoms with E-state index in [9.17, 15) is 5.11 Å². The maximum atomic E-state index is 10.2. The van der Waals surface area contributed by atoms with Crippen molar-refractivity contribution in [3.05, 3.63) is 11.6 Å². The molecule has 0 heterocycles. The molecule has 0 aromatic rings. The lowest BCUT2D eigenvalue weighted by molar-refractivity contribution is -0.0573. The van der Waals surface area contributed by atoms with Crippen LogP contribution >= 0.6 is 0 Å². The summed E-state index contributed by atoms with van der Waals surface area (Å²) in [7, 11) is 0. The maximum absolute atomic E-state index is 10.2. The van der Waals surface area contributed by atoms with Crippen molar-refractivity contribution in [3.63, 3.8) is 0 Å². The Hall–Kier alpha value is -1.54. The molecule has 34 heavy (non-hydrogen) atoms. The molecule has 5 nitrogen and oxygen atoms in total. The molecule has 0 radical (unpaired) electrons. The van der Waals surface area contributed by atoms with Crippen molar-refractivity contribution < 1.29 is 14.7 Å². The minimum Gasteiger partial charge on any atom is -0.393 e. The zero-order valence-electron chi connectivity index (χ0n) is 22.2. The van der Waals surface area contributed by atoms with Crippen LogP contribution in [0.1, 0.15) is 105 Å². The smallest absolute Gasteiger partial charge is 0.231 e. The van der Waals surface area contributed by atoms with Gasteiger partial charge in [-0.3, -0.25) is 0 Å². The summed E-state index contributed by atoms with van der Waals surface area (Å²) in [6, 6.07) is 0. The van der Waals surface area contributed by atoms with Crippen molar-refractivity contribution in [3.8, 4) is 0 Å². The number of fused-ring (bicyclic) bond motifs is 5. The highest BCUT2D eigenvalue weighted by atomic mass is 16.3. The van der Waals surface area contributed by atoms with Crippen molar-refractivity contribution in [2.75, 3.05) is 0 Å². The maximum Gasteiger partial charge on any atom is 0.231 e. The molecule has 0 saturated heterocycles. The molecule has 4 aliphatic carbocycles. The summed E-state index contributed by atoms with van der Waals surface area (Å²) >= 11 is 0. The summed E-state index contributed by atoms with van der Waals surface area (Å²) in [5, 5.41) is 21.0. The Balaban J connectivity index is 0.000000618. The third-order valence-electron chi connectivity index (χ3n) is 10.3. The summed E-state index contributed by atoms with van der Waals surface area (Å²) in [5.74, 6) is 5.46. The van der Waals surface area contributed by atoms with Crippen LogP contribution in [0.2, 0.25) is 0 Å². The second kappa shape index (κ2) is 12.4. The summed E-state index contributed by atoms with van der Waals surface area (Å²) in [6.45, 7) is 12.6. The lowest BCUT2D eigenvalue weighted by atomic mass is 9.47. The number of rotatable bonds is 5. The van der Waals surface area contributed by atoms with Crippen LogP contribution in [0.25, 0.3) is 0 Å². The minimum absolute atomic E-state index is 0.0766. The van der Waals surface area contributed by atoms with Gasteiger partial charge in [0.1, 0.15) is 0 Å². The van der Waals surface area contributed by atoms with Crippen LogP contribution in [0.3, 0.4) is 0 Å². The molecular formula is C29H48N2O3. The number of nitrogens with one attached hydrogen (secondary N) is 2. The third-order valence-corrected chi connectivity index (χ3v) is 10.3. The fraction of sp³-hybridized carbons (Fsp3) is 0.862. The average Bonchev–Trinajstić information content (AvgIpc) is 3.12. The predicted octanol–water partition coefficient (Wildman–Crippen LogP) is 7.19. The zero-order valence-corrected chi connectivity index (χ0v) is 22.2. The molecule has 0 amide bonds. The SMILES string of the molecule is CC(C)CCCC(C)[C@H]1CC[C@H]2[C@@H]3CC=C4C[C@@H](O)CC[C@]4(C)[C@H]3CC[C@]12C.N=C=O.N=C=O. The molecule has 0 aliphatic heterocycles. The first-order valence-corrected chi connectivity index (χ1v) is 13.5. The van der Waals surface area contributed by atoms with E-state index in [-0.39, 0.29) is 6.10 Å². The van der Waals surface area contributed by atoms with Crippen LogP contribution in [0, 0.1) is 57.2 Å². The van der Waals surface area contributed by atoms with E-state index in [1.807, 2.05) is 0 Å². The normalized spacial score (nSPS) is 38.8. The van der Waals surface area contributed by atoms with Crippen molar-refractivity contribution in [1.29, 1.82) is 10.8 Å². The summed E-state index contributed by atoms with van der Waals surface area (Å²) < 4.78 is 0. The molecule has 1 unspecified atom stereocenters. The first-order valence-electron chi connectivity index (χ1n) is 13.5. The third kappa shape index (κ3) is 5.99. The molecule has 0 aromatic carbocycles. The van der Waals surface area contributed by atoms with E-state index >= 15 is 0 Å². The van der Waals surface area contributed by atoms with Crippen molar-refractivity contribution in [2.24, 2.45) is 46.3 Å². The topological polar surface area (TPSA) is 102 Å². The van der Waals surface area contributed by atoms with Gasteiger partial charge in [-0.15, -0.1) is 0 Å². The Morgan fingerprint density at radius 3 is 2.26 bits per heavy atom. The summed E-state index contributed by atoms with van der Waals surface area (Å²) in [4.78, 5) is 16.7. The first kappa shape index (κ1) is 28.7. The first-order chi connectivity index (χ1) is 16.1. The lowest BCUT2D eigenvalue weighted by Crippen LogP contribution is -2.50. The average molecular weight is 473 g/mol. The Morgan fingerprint density at radius 1 is 1.00 bits per heavy atom. The fourth-order valence-corrected chi connectivity index (χ4v) is 8.67. The van der Waals surface area contributed by atoms with Gasteiger partial charge in [-0.05, 0) is 97.7 Å². The Morgan fingerprint density at radius 2 is 1.65 bits per heavy atom. The monoisotopic (exact) mass is 472 g/mol. The molecular weight excluding hydrogens is 424 g/mol. The number of aliphatic hydroxyl groups is 1. The largest absolute Gasteiger partial charge is 0.393 e. The number of isocyanates is 2. The molecule has 0 bridgehead atoms. The molecule has 4 rings (SSSR count). The number of hydrogen-bond acceptors (Lipinski definition) is 5. The quantitative estimate of drug-likeness (QED) is 0.224. The minimum atomic E-state index is -0.0766.